The van der Waals surface area contributed by atoms with Crippen molar-refractivity contribution in [3.63, 3.8) is 0 Å². The third kappa shape index (κ3) is 5.48. The van der Waals surface area contributed by atoms with Gasteiger partial charge in [-0.1, -0.05) is 0 Å². The summed E-state index contributed by atoms with van der Waals surface area (Å²) in [7, 11) is 0. The zero-order valence-electron chi connectivity index (χ0n) is 14.4. The van der Waals surface area contributed by atoms with E-state index in [0.29, 0.717) is 19.6 Å². The van der Waals surface area contributed by atoms with E-state index in [1.165, 1.54) is 5.56 Å². The van der Waals surface area contributed by atoms with E-state index < -0.39 is 5.60 Å². The van der Waals surface area contributed by atoms with E-state index in [1.54, 1.807) is 4.90 Å². The summed E-state index contributed by atoms with van der Waals surface area (Å²) in [6.45, 7) is 9.27. The lowest BCUT2D eigenvalue weighted by molar-refractivity contribution is 0.00498. The van der Waals surface area contributed by atoms with Gasteiger partial charge in [-0.15, -0.1) is 0 Å². The van der Waals surface area contributed by atoms with Crippen LogP contribution < -0.4 is 5.73 Å². The van der Waals surface area contributed by atoms with Gasteiger partial charge in [-0.05, 0) is 44.9 Å². The minimum absolute atomic E-state index is 0.179. The third-order valence-corrected chi connectivity index (χ3v) is 3.97. The first-order valence-corrected chi connectivity index (χ1v) is 8.20. The van der Waals surface area contributed by atoms with Gasteiger partial charge < -0.3 is 15.4 Å². The van der Waals surface area contributed by atoms with Gasteiger partial charge in [-0.2, -0.15) is 0 Å². The van der Waals surface area contributed by atoms with E-state index in [0.717, 1.165) is 19.5 Å². The van der Waals surface area contributed by atoms with Crippen LogP contribution in [0.2, 0.25) is 0 Å². The molecule has 6 nitrogen and oxygen atoms in total. The highest BCUT2D eigenvalue weighted by molar-refractivity contribution is 5.68. The Kier molecular flexibility index (Phi) is 5.96. The molecule has 0 spiro atoms. The van der Waals surface area contributed by atoms with Crippen molar-refractivity contribution >= 4 is 6.09 Å². The molecule has 128 valence electrons. The summed E-state index contributed by atoms with van der Waals surface area (Å²) in [5.74, 6) is 0. The van der Waals surface area contributed by atoms with Crippen LogP contribution in [0.15, 0.2) is 24.5 Å². The molecule has 1 aromatic heterocycles. The fraction of sp³-hybridized carbons (Fsp3) is 0.647. The van der Waals surface area contributed by atoms with E-state index in [4.69, 9.17) is 10.5 Å². The number of pyridine rings is 1. The SMILES string of the molecule is CC(C)(C)OC(=O)N1CCN(CCc2ccncc2)C(CN)C1. The molecule has 0 radical (unpaired) electrons. The highest BCUT2D eigenvalue weighted by Crippen LogP contribution is 2.15. The Bertz CT molecular complexity index is 501. The lowest BCUT2D eigenvalue weighted by Crippen LogP contribution is -2.58. The van der Waals surface area contributed by atoms with E-state index in [2.05, 4.69) is 9.88 Å². The van der Waals surface area contributed by atoms with Gasteiger partial charge in [-0.25, -0.2) is 4.79 Å². The summed E-state index contributed by atoms with van der Waals surface area (Å²) in [6.07, 6.45) is 4.35. The smallest absolute Gasteiger partial charge is 0.410 e. The zero-order valence-corrected chi connectivity index (χ0v) is 14.4. The summed E-state index contributed by atoms with van der Waals surface area (Å²) in [5.41, 5.74) is 6.73. The van der Waals surface area contributed by atoms with Gasteiger partial charge in [0.15, 0.2) is 0 Å². The summed E-state index contributed by atoms with van der Waals surface area (Å²) in [4.78, 5) is 20.4. The normalized spacial score (nSPS) is 19.7. The average molecular weight is 320 g/mol. The third-order valence-electron chi connectivity index (χ3n) is 3.97. The predicted molar refractivity (Wildman–Crippen MR) is 90.2 cm³/mol. The van der Waals surface area contributed by atoms with Crippen LogP contribution in [0, 0.1) is 0 Å². The molecule has 2 N–H and O–H groups in total. The maximum Gasteiger partial charge on any atom is 0.410 e. The number of aromatic nitrogens is 1. The lowest BCUT2D eigenvalue weighted by Gasteiger charge is -2.41. The monoisotopic (exact) mass is 320 g/mol. The fourth-order valence-electron chi connectivity index (χ4n) is 2.73. The zero-order chi connectivity index (χ0) is 16.9. The first kappa shape index (κ1) is 17.7. The predicted octanol–water partition coefficient (Wildman–Crippen LogP) is 1.50. The maximum absolute atomic E-state index is 12.2. The van der Waals surface area contributed by atoms with Crippen LogP contribution in [0.1, 0.15) is 26.3 Å². The highest BCUT2D eigenvalue weighted by Gasteiger charge is 2.30. The summed E-state index contributed by atoms with van der Waals surface area (Å²) in [6, 6.07) is 4.25. The van der Waals surface area contributed by atoms with Crippen molar-refractivity contribution < 1.29 is 9.53 Å². The molecule has 1 fully saturated rings. The first-order valence-electron chi connectivity index (χ1n) is 8.20. The number of piperazine rings is 1. The summed E-state index contributed by atoms with van der Waals surface area (Å²) >= 11 is 0. The molecule has 1 aliphatic heterocycles. The van der Waals surface area contributed by atoms with E-state index in [-0.39, 0.29) is 12.1 Å². The number of hydrogen-bond acceptors (Lipinski definition) is 5. The van der Waals surface area contributed by atoms with Crippen molar-refractivity contribution in [1.82, 2.24) is 14.8 Å². The van der Waals surface area contributed by atoms with Crippen LogP contribution in [0.4, 0.5) is 4.79 Å². The molecule has 1 atom stereocenters. The van der Waals surface area contributed by atoms with Crippen LogP contribution >= 0.6 is 0 Å². The topological polar surface area (TPSA) is 71.7 Å². The Morgan fingerprint density at radius 3 is 2.65 bits per heavy atom. The number of ether oxygens (including phenoxy) is 1. The van der Waals surface area contributed by atoms with Crippen LogP contribution in [0.5, 0.6) is 0 Å². The Labute approximate surface area is 138 Å². The number of carbonyl (C=O) groups is 1. The second-order valence-electron chi connectivity index (χ2n) is 6.96. The van der Waals surface area contributed by atoms with Crippen LogP contribution in [0.3, 0.4) is 0 Å². The van der Waals surface area contributed by atoms with Crippen LogP contribution in [-0.4, -0.2) is 65.2 Å². The lowest BCUT2D eigenvalue weighted by atomic mass is 10.1. The van der Waals surface area contributed by atoms with Crippen molar-refractivity contribution in [3.8, 4) is 0 Å². The van der Waals surface area contributed by atoms with Gasteiger partial charge in [0, 0.05) is 51.2 Å². The fourth-order valence-corrected chi connectivity index (χ4v) is 2.73. The summed E-state index contributed by atoms with van der Waals surface area (Å²) < 4.78 is 5.46. The Balaban J connectivity index is 1.87. The molecule has 6 heteroatoms. The molecule has 0 saturated carbocycles. The minimum Gasteiger partial charge on any atom is -0.444 e. The van der Waals surface area contributed by atoms with Crippen molar-refractivity contribution in [3.05, 3.63) is 30.1 Å². The largest absolute Gasteiger partial charge is 0.444 e. The van der Waals surface area contributed by atoms with Crippen molar-refractivity contribution in [2.45, 2.75) is 38.8 Å². The number of amides is 1. The quantitative estimate of drug-likeness (QED) is 0.910. The number of carbonyl (C=O) groups excluding carboxylic acids is 1. The van der Waals surface area contributed by atoms with Crippen molar-refractivity contribution in [1.29, 1.82) is 0 Å². The Morgan fingerprint density at radius 1 is 1.35 bits per heavy atom. The van der Waals surface area contributed by atoms with E-state index in [1.807, 2.05) is 45.3 Å². The molecule has 1 amide bonds. The van der Waals surface area contributed by atoms with Gasteiger partial charge in [0.05, 0.1) is 0 Å². The molecule has 23 heavy (non-hydrogen) atoms. The molecule has 0 bridgehead atoms. The molecule has 1 aromatic rings. The summed E-state index contributed by atoms with van der Waals surface area (Å²) in [5, 5.41) is 0. The Hall–Kier alpha value is -1.66. The minimum atomic E-state index is -0.465. The second-order valence-corrected chi connectivity index (χ2v) is 6.96. The van der Waals surface area contributed by atoms with Crippen LogP contribution in [0.25, 0.3) is 0 Å². The number of nitrogens with zero attached hydrogens (tertiary/aromatic N) is 3. The molecular weight excluding hydrogens is 292 g/mol. The Morgan fingerprint density at radius 2 is 2.04 bits per heavy atom. The van der Waals surface area contributed by atoms with Crippen molar-refractivity contribution in [2.75, 3.05) is 32.7 Å². The standard InChI is InChI=1S/C17H28N4O2/c1-17(2,3)23-16(22)21-11-10-20(15(12-18)13-21)9-6-14-4-7-19-8-5-14/h4-5,7-8,15H,6,9-13,18H2,1-3H3. The van der Waals surface area contributed by atoms with Gasteiger partial charge >= 0.3 is 6.09 Å². The first-order chi connectivity index (χ1) is 10.9. The van der Waals surface area contributed by atoms with Gasteiger partial charge in [0.1, 0.15) is 5.60 Å². The van der Waals surface area contributed by atoms with Gasteiger partial charge in [0.2, 0.25) is 0 Å². The molecule has 2 rings (SSSR count). The van der Waals surface area contributed by atoms with Crippen LogP contribution in [-0.2, 0) is 11.2 Å². The highest BCUT2D eigenvalue weighted by atomic mass is 16.6. The number of rotatable bonds is 4. The van der Waals surface area contributed by atoms with E-state index in [9.17, 15) is 4.79 Å². The maximum atomic E-state index is 12.2. The van der Waals surface area contributed by atoms with Gasteiger partial charge in [-0.3, -0.25) is 9.88 Å². The van der Waals surface area contributed by atoms with Crippen molar-refractivity contribution in [2.24, 2.45) is 5.73 Å². The molecule has 1 aliphatic rings. The second kappa shape index (κ2) is 7.75. The molecule has 0 aromatic carbocycles. The molecule has 2 heterocycles. The number of nitrogens with two attached hydrogens (primary N) is 1. The molecular formula is C17H28N4O2. The molecule has 1 unspecified atom stereocenters. The molecule has 1 saturated heterocycles. The average Bonchev–Trinajstić information content (AvgIpc) is 2.52. The van der Waals surface area contributed by atoms with Gasteiger partial charge in [0.25, 0.3) is 0 Å². The molecule has 0 aliphatic carbocycles. The van der Waals surface area contributed by atoms with E-state index >= 15 is 0 Å². The number of hydrogen-bond donors (Lipinski definition) is 1.